The van der Waals surface area contributed by atoms with Crippen molar-refractivity contribution in [1.82, 2.24) is 10.2 Å². The van der Waals surface area contributed by atoms with E-state index < -0.39 is 0 Å². The molecule has 0 aliphatic carbocycles. The second-order valence-corrected chi connectivity index (χ2v) is 4.16. The van der Waals surface area contributed by atoms with Gasteiger partial charge in [0.15, 0.2) is 0 Å². The Hall–Kier alpha value is -0.610. The average Bonchev–Trinajstić information content (AvgIpc) is 2.87. The van der Waals surface area contributed by atoms with Gasteiger partial charge in [0.25, 0.3) is 0 Å². The molecule has 0 spiro atoms. The second-order valence-electron chi connectivity index (χ2n) is 4.16. The molecule has 0 aromatic rings. The monoisotopic (exact) mass is 198 g/mol. The molecule has 2 fully saturated rings. The molecule has 2 heterocycles. The molecule has 2 aliphatic heterocycles. The SMILES string of the molecule is O=C(C1CCCN1)N1CCC[C@@H]1CO. The molecule has 0 aromatic heterocycles. The van der Waals surface area contributed by atoms with Crippen LogP contribution >= 0.6 is 0 Å². The molecule has 0 aromatic carbocycles. The Morgan fingerprint density at radius 1 is 1.43 bits per heavy atom. The minimum Gasteiger partial charge on any atom is -0.394 e. The lowest BCUT2D eigenvalue weighted by atomic mass is 10.2. The molecule has 4 heteroatoms. The Kier molecular flexibility index (Phi) is 3.03. The summed E-state index contributed by atoms with van der Waals surface area (Å²) in [6, 6.07) is 0.0899. The van der Waals surface area contributed by atoms with E-state index in [4.69, 9.17) is 5.11 Å². The molecule has 1 amide bonds. The van der Waals surface area contributed by atoms with Crippen LogP contribution in [0.4, 0.5) is 0 Å². The number of nitrogens with one attached hydrogen (secondary N) is 1. The lowest BCUT2D eigenvalue weighted by Gasteiger charge is -2.26. The molecule has 2 saturated heterocycles. The fourth-order valence-corrected chi connectivity index (χ4v) is 2.41. The highest BCUT2D eigenvalue weighted by molar-refractivity contribution is 5.82. The maximum Gasteiger partial charge on any atom is 0.240 e. The van der Waals surface area contributed by atoms with Crippen LogP contribution in [0.2, 0.25) is 0 Å². The lowest BCUT2D eigenvalue weighted by Crippen LogP contribution is -2.46. The van der Waals surface area contributed by atoms with E-state index >= 15 is 0 Å². The Morgan fingerprint density at radius 2 is 2.29 bits per heavy atom. The zero-order valence-corrected chi connectivity index (χ0v) is 8.41. The van der Waals surface area contributed by atoms with Gasteiger partial charge in [-0.05, 0) is 32.2 Å². The van der Waals surface area contributed by atoms with Crippen molar-refractivity contribution >= 4 is 5.91 Å². The van der Waals surface area contributed by atoms with Crippen LogP contribution in [0.3, 0.4) is 0 Å². The van der Waals surface area contributed by atoms with Gasteiger partial charge < -0.3 is 15.3 Å². The van der Waals surface area contributed by atoms with Crippen LogP contribution < -0.4 is 5.32 Å². The van der Waals surface area contributed by atoms with Gasteiger partial charge in [0, 0.05) is 6.54 Å². The highest BCUT2D eigenvalue weighted by Gasteiger charge is 2.33. The van der Waals surface area contributed by atoms with Crippen LogP contribution in [0.1, 0.15) is 25.7 Å². The molecule has 4 nitrogen and oxygen atoms in total. The molecule has 2 N–H and O–H groups in total. The van der Waals surface area contributed by atoms with Crippen molar-refractivity contribution < 1.29 is 9.90 Å². The number of amides is 1. The molecular weight excluding hydrogens is 180 g/mol. The van der Waals surface area contributed by atoms with Crippen molar-refractivity contribution in [3.63, 3.8) is 0 Å². The Morgan fingerprint density at radius 3 is 2.93 bits per heavy atom. The predicted molar refractivity (Wildman–Crippen MR) is 52.8 cm³/mol. The average molecular weight is 198 g/mol. The van der Waals surface area contributed by atoms with E-state index in [1.165, 1.54) is 0 Å². The van der Waals surface area contributed by atoms with Crippen molar-refractivity contribution in [2.45, 2.75) is 37.8 Å². The third-order valence-electron chi connectivity index (χ3n) is 3.23. The van der Waals surface area contributed by atoms with Crippen LogP contribution in [0, 0.1) is 0 Å². The third kappa shape index (κ3) is 1.77. The number of carbonyl (C=O) groups is 1. The fraction of sp³-hybridized carbons (Fsp3) is 0.900. The van der Waals surface area contributed by atoms with Gasteiger partial charge in [-0.25, -0.2) is 0 Å². The highest BCUT2D eigenvalue weighted by atomic mass is 16.3. The van der Waals surface area contributed by atoms with Crippen molar-refractivity contribution in [3.05, 3.63) is 0 Å². The smallest absolute Gasteiger partial charge is 0.240 e. The summed E-state index contributed by atoms with van der Waals surface area (Å²) in [6.07, 6.45) is 4.03. The van der Waals surface area contributed by atoms with Gasteiger partial charge in [0.2, 0.25) is 5.91 Å². The quantitative estimate of drug-likeness (QED) is 0.642. The van der Waals surface area contributed by atoms with E-state index in [0.29, 0.717) is 0 Å². The Balaban J connectivity index is 1.95. The van der Waals surface area contributed by atoms with E-state index in [9.17, 15) is 4.79 Å². The number of aliphatic hydroxyl groups is 1. The molecule has 2 aliphatic rings. The third-order valence-corrected chi connectivity index (χ3v) is 3.23. The largest absolute Gasteiger partial charge is 0.394 e. The first-order valence-corrected chi connectivity index (χ1v) is 5.47. The molecular formula is C10H18N2O2. The first kappa shape index (κ1) is 9.93. The fourth-order valence-electron chi connectivity index (χ4n) is 2.41. The van der Waals surface area contributed by atoms with Gasteiger partial charge in [0.05, 0.1) is 18.7 Å². The summed E-state index contributed by atoms with van der Waals surface area (Å²) < 4.78 is 0. The summed E-state index contributed by atoms with van der Waals surface area (Å²) >= 11 is 0. The van der Waals surface area contributed by atoms with Gasteiger partial charge in [-0.1, -0.05) is 0 Å². The summed E-state index contributed by atoms with van der Waals surface area (Å²) in [5.41, 5.74) is 0. The summed E-state index contributed by atoms with van der Waals surface area (Å²) in [6.45, 7) is 1.88. The van der Waals surface area contributed by atoms with Gasteiger partial charge in [0.1, 0.15) is 0 Å². The number of aliphatic hydroxyl groups excluding tert-OH is 1. The zero-order valence-electron chi connectivity index (χ0n) is 8.41. The summed E-state index contributed by atoms with van der Waals surface area (Å²) in [7, 11) is 0. The van der Waals surface area contributed by atoms with Crippen LogP contribution in [0.5, 0.6) is 0 Å². The number of nitrogens with zero attached hydrogens (tertiary/aromatic N) is 1. The lowest BCUT2D eigenvalue weighted by molar-refractivity contribution is -0.134. The molecule has 2 atom stereocenters. The summed E-state index contributed by atoms with van der Waals surface area (Å²) in [5.74, 6) is 0.194. The number of hydrogen-bond donors (Lipinski definition) is 2. The van der Waals surface area contributed by atoms with Gasteiger partial charge in [-0.15, -0.1) is 0 Å². The highest BCUT2D eigenvalue weighted by Crippen LogP contribution is 2.19. The first-order chi connectivity index (χ1) is 6.83. The van der Waals surface area contributed by atoms with Crippen molar-refractivity contribution in [1.29, 1.82) is 0 Å². The Labute approximate surface area is 84.3 Å². The summed E-state index contributed by atoms with van der Waals surface area (Å²) in [5, 5.41) is 12.3. The van der Waals surface area contributed by atoms with Crippen LogP contribution in [0.15, 0.2) is 0 Å². The standard InChI is InChI=1S/C10H18N2O2/c13-7-8-3-2-6-12(8)10(14)9-4-1-5-11-9/h8-9,11,13H,1-7H2/t8-,9?/m1/s1. The van der Waals surface area contributed by atoms with Crippen molar-refractivity contribution in [2.24, 2.45) is 0 Å². The van der Waals surface area contributed by atoms with E-state index in [1.54, 1.807) is 0 Å². The number of carbonyl (C=O) groups excluding carboxylic acids is 1. The topological polar surface area (TPSA) is 52.6 Å². The molecule has 0 bridgehead atoms. The van der Waals surface area contributed by atoms with Gasteiger partial charge in [-0.3, -0.25) is 4.79 Å². The molecule has 2 rings (SSSR count). The number of likely N-dealkylation sites (tertiary alicyclic amines) is 1. The molecule has 14 heavy (non-hydrogen) atoms. The zero-order chi connectivity index (χ0) is 9.97. The number of hydrogen-bond acceptors (Lipinski definition) is 3. The normalized spacial score (nSPS) is 32.5. The van der Waals surface area contributed by atoms with E-state index in [0.717, 1.165) is 38.8 Å². The van der Waals surface area contributed by atoms with Crippen molar-refractivity contribution in [3.8, 4) is 0 Å². The summed E-state index contributed by atoms with van der Waals surface area (Å²) in [4.78, 5) is 13.8. The first-order valence-electron chi connectivity index (χ1n) is 5.47. The second kappa shape index (κ2) is 4.28. The maximum atomic E-state index is 12.0. The van der Waals surface area contributed by atoms with Gasteiger partial charge >= 0.3 is 0 Å². The Bertz CT molecular complexity index is 214. The van der Waals surface area contributed by atoms with E-state index in [1.807, 2.05) is 4.90 Å². The minimum absolute atomic E-state index is 0.0159. The molecule has 0 radical (unpaired) electrons. The minimum atomic E-state index is 0.0159. The van der Waals surface area contributed by atoms with Crippen molar-refractivity contribution in [2.75, 3.05) is 19.7 Å². The van der Waals surface area contributed by atoms with Crippen LogP contribution in [-0.2, 0) is 4.79 Å². The predicted octanol–water partition coefficient (Wildman–Crippen LogP) is -0.278. The maximum absolute atomic E-state index is 12.0. The number of rotatable bonds is 2. The van der Waals surface area contributed by atoms with E-state index in [2.05, 4.69) is 5.32 Å². The molecule has 0 saturated carbocycles. The van der Waals surface area contributed by atoms with Gasteiger partial charge in [-0.2, -0.15) is 0 Å². The molecule has 1 unspecified atom stereocenters. The molecule has 80 valence electrons. The van der Waals surface area contributed by atoms with Crippen LogP contribution in [-0.4, -0.2) is 47.7 Å². The van der Waals surface area contributed by atoms with Crippen LogP contribution in [0.25, 0.3) is 0 Å². The van der Waals surface area contributed by atoms with E-state index in [-0.39, 0.29) is 24.6 Å².